The average Bonchev–Trinajstić information content (AvgIpc) is 2.58. The Kier molecular flexibility index (Phi) is 7.24. The van der Waals surface area contributed by atoms with Crippen molar-refractivity contribution < 1.29 is 9.53 Å². The number of methoxy groups -OCH3 is 1. The van der Waals surface area contributed by atoms with Crippen LogP contribution in [0, 0.1) is 0 Å². The third kappa shape index (κ3) is 5.55. The van der Waals surface area contributed by atoms with E-state index in [1.165, 1.54) is 11.1 Å². The smallest absolute Gasteiger partial charge is 0.223 e. The summed E-state index contributed by atoms with van der Waals surface area (Å²) in [4.78, 5) is 17.2. The molecule has 26 heavy (non-hydrogen) atoms. The number of piperazine rings is 1. The first-order chi connectivity index (χ1) is 12.2. The number of ether oxygens (including phenoxy) is 1. The second kappa shape index (κ2) is 9.01. The lowest BCUT2D eigenvalue weighted by Gasteiger charge is -2.44. The van der Waals surface area contributed by atoms with Gasteiger partial charge in [-0.3, -0.25) is 9.69 Å². The van der Waals surface area contributed by atoms with Crippen LogP contribution in [0.25, 0.3) is 0 Å². The molecule has 1 heterocycles. The van der Waals surface area contributed by atoms with E-state index in [0.29, 0.717) is 18.5 Å². The summed E-state index contributed by atoms with van der Waals surface area (Å²) in [7, 11) is 1.74. The minimum Gasteiger partial charge on any atom is -0.383 e. The van der Waals surface area contributed by atoms with Crippen LogP contribution >= 0.6 is 0 Å². The van der Waals surface area contributed by atoms with Crippen molar-refractivity contribution in [1.82, 2.24) is 9.80 Å². The summed E-state index contributed by atoms with van der Waals surface area (Å²) in [5, 5.41) is 0. The van der Waals surface area contributed by atoms with Gasteiger partial charge >= 0.3 is 0 Å². The van der Waals surface area contributed by atoms with Crippen LogP contribution in [-0.4, -0.2) is 61.1 Å². The fourth-order valence-electron chi connectivity index (χ4n) is 3.78. The highest BCUT2D eigenvalue weighted by Gasteiger charge is 2.31. The Morgan fingerprint density at radius 3 is 2.19 bits per heavy atom. The molecule has 0 N–H and O–H groups in total. The first-order valence-electron chi connectivity index (χ1n) is 9.84. The molecule has 0 radical (unpaired) electrons. The van der Waals surface area contributed by atoms with E-state index in [2.05, 4.69) is 63.8 Å². The van der Waals surface area contributed by atoms with Crippen LogP contribution in [0.5, 0.6) is 0 Å². The molecular weight excluding hydrogens is 324 g/mol. The summed E-state index contributed by atoms with van der Waals surface area (Å²) in [6.45, 7) is 14.4. The molecule has 0 aliphatic carbocycles. The number of aryl methyl sites for hydroxylation is 1. The van der Waals surface area contributed by atoms with Gasteiger partial charge in [0, 0.05) is 45.2 Å². The van der Waals surface area contributed by atoms with Crippen molar-refractivity contribution in [1.29, 1.82) is 0 Å². The lowest BCUT2D eigenvalue weighted by atomic mass is 9.86. The van der Waals surface area contributed by atoms with E-state index in [0.717, 1.165) is 32.7 Å². The number of nitrogens with zero attached hydrogens (tertiary/aromatic N) is 2. The van der Waals surface area contributed by atoms with Crippen molar-refractivity contribution in [3.05, 3.63) is 35.4 Å². The molecule has 1 aromatic carbocycles. The molecular formula is C22H36N2O2. The Labute approximate surface area is 159 Å². The summed E-state index contributed by atoms with van der Waals surface area (Å²) in [6.07, 6.45) is 1.41. The summed E-state index contributed by atoms with van der Waals surface area (Å²) < 4.78 is 5.21. The molecule has 1 amide bonds. The summed E-state index contributed by atoms with van der Waals surface area (Å²) in [5.41, 5.74) is 2.75. The zero-order valence-electron chi connectivity index (χ0n) is 17.4. The number of hydrogen-bond acceptors (Lipinski definition) is 3. The van der Waals surface area contributed by atoms with Crippen LogP contribution < -0.4 is 0 Å². The van der Waals surface area contributed by atoms with Gasteiger partial charge in [0.15, 0.2) is 0 Å². The van der Waals surface area contributed by atoms with Crippen LogP contribution in [0.2, 0.25) is 0 Å². The highest BCUT2D eigenvalue weighted by Crippen LogP contribution is 2.23. The number of benzene rings is 1. The topological polar surface area (TPSA) is 32.8 Å². The molecule has 0 bridgehead atoms. The number of carbonyl (C=O) groups excluding carboxylic acids is 1. The van der Waals surface area contributed by atoms with Gasteiger partial charge < -0.3 is 9.64 Å². The fourth-order valence-corrected chi connectivity index (χ4v) is 3.78. The van der Waals surface area contributed by atoms with Gasteiger partial charge in [-0.1, -0.05) is 45.0 Å². The molecule has 146 valence electrons. The molecule has 2 rings (SSSR count). The molecule has 1 aromatic rings. The number of hydrogen-bond donors (Lipinski definition) is 0. The molecule has 1 saturated heterocycles. The fraction of sp³-hybridized carbons (Fsp3) is 0.682. The minimum absolute atomic E-state index is 0.170. The Hall–Kier alpha value is -1.39. The van der Waals surface area contributed by atoms with Crippen LogP contribution in [0.4, 0.5) is 0 Å². The van der Waals surface area contributed by atoms with Crippen molar-refractivity contribution in [2.24, 2.45) is 0 Å². The summed E-state index contributed by atoms with van der Waals surface area (Å²) >= 11 is 0. The minimum atomic E-state index is 0.170. The first kappa shape index (κ1) is 20.9. The number of carbonyl (C=O) groups is 1. The van der Waals surface area contributed by atoms with E-state index < -0.39 is 0 Å². The van der Waals surface area contributed by atoms with Crippen LogP contribution in [-0.2, 0) is 21.4 Å². The Balaban J connectivity index is 1.86. The van der Waals surface area contributed by atoms with Crippen LogP contribution in [0.1, 0.15) is 52.2 Å². The molecule has 2 atom stereocenters. The number of rotatable bonds is 6. The molecule has 2 unspecified atom stereocenters. The highest BCUT2D eigenvalue weighted by atomic mass is 16.5. The van der Waals surface area contributed by atoms with Gasteiger partial charge in [-0.25, -0.2) is 0 Å². The molecule has 1 aliphatic rings. The average molecular weight is 361 g/mol. The maximum absolute atomic E-state index is 12.7. The molecule has 4 heteroatoms. The molecule has 1 aliphatic heterocycles. The van der Waals surface area contributed by atoms with Crippen molar-refractivity contribution >= 4 is 5.91 Å². The lowest BCUT2D eigenvalue weighted by Crippen LogP contribution is -2.58. The lowest BCUT2D eigenvalue weighted by molar-refractivity contribution is -0.135. The molecule has 0 aromatic heterocycles. The van der Waals surface area contributed by atoms with Gasteiger partial charge in [-0.2, -0.15) is 0 Å². The molecule has 1 fully saturated rings. The maximum atomic E-state index is 12.7. The largest absolute Gasteiger partial charge is 0.383 e. The van der Waals surface area contributed by atoms with Gasteiger partial charge in [-0.15, -0.1) is 0 Å². The Bertz CT molecular complexity index is 565. The van der Waals surface area contributed by atoms with E-state index in [9.17, 15) is 4.79 Å². The van der Waals surface area contributed by atoms with Crippen molar-refractivity contribution in [2.75, 3.05) is 33.4 Å². The zero-order chi connectivity index (χ0) is 19.3. The SMILES string of the molecule is COCCN1C(C)CN(C(=O)CCc2ccc(C(C)(C)C)cc2)CC1C. The maximum Gasteiger partial charge on any atom is 0.223 e. The van der Waals surface area contributed by atoms with E-state index in [1.807, 2.05) is 4.90 Å². The third-order valence-corrected chi connectivity index (χ3v) is 5.46. The second-order valence-electron chi connectivity index (χ2n) is 8.67. The van der Waals surface area contributed by atoms with E-state index in [-0.39, 0.29) is 11.3 Å². The predicted molar refractivity (Wildman–Crippen MR) is 108 cm³/mol. The quantitative estimate of drug-likeness (QED) is 0.778. The molecule has 4 nitrogen and oxygen atoms in total. The highest BCUT2D eigenvalue weighted by molar-refractivity contribution is 5.76. The van der Waals surface area contributed by atoms with E-state index in [4.69, 9.17) is 4.74 Å². The van der Waals surface area contributed by atoms with E-state index in [1.54, 1.807) is 7.11 Å². The molecule has 0 saturated carbocycles. The standard InChI is InChI=1S/C22H36N2O2/c1-17-15-23(16-18(2)24(17)13-14-26-6)21(25)12-9-19-7-10-20(11-8-19)22(3,4)5/h7-8,10-11,17-18H,9,12-16H2,1-6H3. The Morgan fingerprint density at radius 2 is 1.69 bits per heavy atom. The first-order valence-corrected chi connectivity index (χ1v) is 9.84. The predicted octanol–water partition coefficient (Wildman–Crippen LogP) is 3.48. The van der Waals surface area contributed by atoms with Gasteiger partial charge in [0.2, 0.25) is 5.91 Å². The van der Waals surface area contributed by atoms with E-state index >= 15 is 0 Å². The van der Waals surface area contributed by atoms with Gasteiger partial charge in [0.25, 0.3) is 0 Å². The van der Waals surface area contributed by atoms with Gasteiger partial charge in [-0.05, 0) is 36.8 Å². The molecule has 0 spiro atoms. The van der Waals surface area contributed by atoms with Crippen molar-refractivity contribution in [2.45, 2.75) is 65.0 Å². The monoisotopic (exact) mass is 360 g/mol. The summed E-state index contributed by atoms with van der Waals surface area (Å²) in [6, 6.07) is 9.48. The Morgan fingerprint density at radius 1 is 1.12 bits per heavy atom. The van der Waals surface area contributed by atoms with Crippen molar-refractivity contribution in [3.63, 3.8) is 0 Å². The van der Waals surface area contributed by atoms with Gasteiger partial charge in [0.05, 0.1) is 6.61 Å². The summed E-state index contributed by atoms with van der Waals surface area (Å²) in [5.74, 6) is 0.273. The number of amides is 1. The van der Waals surface area contributed by atoms with Gasteiger partial charge in [0.1, 0.15) is 0 Å². The van der Waals surface area contributed by atoms with Crippen molar-refractivity contribution in [3.8, 4) is 0 Å². The third-order valence-electron chi connectivity index (χ3n) is 5.46. The van der Waals surface area contributed by atoms with Crippen LogP contribution in [0.15, 0.2) is 24.3 Å². The normalized spacial score (nSPS) is 21.8. The zero-order valence-corrected chi connectivity index (χ0v) is 17.4. The van der Waals surface area contributed by atoms with Crippen LogP contribution in [0.3, 0.4) is 0 Å². The second-order valence-corrected chi connectivity index (χ2v) is 8.67.